The Balaban J connectivity index is 0.000000167. The van der Waals surface area contributed by atoms with Crippen LogP contribution in [0.4, 0.5) is 0 Å². The Bertz CT molecular complexity index is 407. The number of aliphatic carboxylic acids is 1. The van der Waals surface area contributed by atoms with E-state index in [1.54, 1.807) is 6.20 Å². The molecular formula is C10H12N2O3. The Morgan fingerprint density at radius 1 is 1.53 bits per heavy atom. The number of rotatable bonds is 1. The fraction of sp³-hybridized carbons (Fsp3) is 0.200. The number of hydrogen-bond donors (Lipinski definition) is 2. The van der Waals surface area contributed by atoms with Crippen molar-refractivity contribution in [2.24, 2.45) is 5.73 Å². The van der Waals surface area contributed by atoms with Crippen LogP contribution in [-0.4, -0.2) is 22.3 Å². The van der Waals surface area contributed by atoms with Crippen molar-refractivity contribution in [1.82, 2.24) is 5.16 Å². The summed E-state index contributed by atoms with van der Waals surface area (Å²) in [5.74, 6) is -0.963. The van der Waals surface area contributed by atoms with Gasteiger partial charge in [-0.2, -0.15) is 0 Å². The predicted molar refractivity (Wildman–Crippen MR) is 55.3 cm³/mol. The highest BCUT2D eigenvalue weighted by Crippen LogP contribution is 2.10. The molecule has 1 atom stereocenters. The van der Waals surface area contributed by atoms with Crippen LogP contribution in [0.1, 0.15) is 6.92 Å². The van der Waals surface area contributed by atoms with Gasteiger partial charge in [0, 0.05) is 5.39 Å². The monoisotopic (exact) mass is 208 g/mol. The maximum Gasteiger partial charge on any atom is 0.320 e. The summed E-state index contributed by atoms with van der Waals surface area (Å²) < 4.78 is 4.87. The maximum absolute atomic E-state index is 9.57. The molecule has 5 heteroatoms. The second-order valence-electron chi connectivity index (χ2n) is 2.99. The van der Waals surface area contributed by atoms with Gasteiger partial charge in [0.15, 0.2) is 5.58 Å². The van der Waals surface area contributed by atoms with Gasteiger partial charge in [-0.1, -0.05) is 17.3 Å². The molecule has 2 rings (SSSR count). The quantitative estimate of drug-likeness (QED) is 0.736. The van der Waals surface area contributed by atoms with Crippen LogP contribution in [0.25, 0.3) is 11.0 Å². The van der Waals surface area contributed by atoms with Crippen molar-refractivity contribution in [2.75, 3.05) is 0 Å². The van der Waals surface area contributed by atoms with E-state index in [9.17, 15) is 4.79 Å². The molecule has 1 heterocycles. The number of carboxylic acid groups (broad SMARTS) is 1. The molecule has 5 nitrogen and oxygen atoms in total. The van der Waals surface area contributed by atoms with Gasteiger partial charge in [0.25, 0.3) is 0 Å². The van der Waals surface area contributed by atoms with Crippen LogP contribution < -0.4 is 5.73 Å². The summed E-state index contributed by atoms with van der Waals surface area (Å²) in [6.45, 7) is 1.42. The molecule has 0 aliphatic carbocycles. The minimum absolute atomic E-state index is 0.731. The predicted octanol–water partition coefficient (Wildman–Crippen LogP) is 1.25. The summed E-state index contributed by atoms with van der Waals surface area (Å²) in [7, 11) is 0. The second-order valence-corrected chi connectivity index (χ2v) is 2.99. The molecule has 0 unspecified atom stereocenters. The van der Waals surface area contributed by atoms with E-state index in [2.05, 4.69) is 5.16 Å². The van der Waals surface area contributed by atoms with E-state index in [1.807, 2.05) is 24.3 Å². The van der Waals surface area contributed by atoms with E-state index in [0.717, 1.165) is 11.0 Å². The van der Waals surface area contributed by atoms with Crippen molar-refractivity contribution in [3.05, 3.63) is 30.5 Å². The first-order chi connectivity index (χ1) is 7.11. The zero-order chi connectivity index (χ0) is 11.3. The molecular weight excluding hydrogens is 196 g/mol. The average molecular weight is 208 g/mol. The molecule has 1 aromatic heterocycles. The molecule has 2 aromatic rings. The van der Waals surface area contributed by atoms with Crippen molar-refractivity contribution >= 4 is 16.9 Å². The Morgan fingerprint density at radius 2 is 2.13 bits per heavy atom. The average Bonchev–Trinajstić information content (AvgIpc) is 2.66. The van der Waals surface area contributed by atoms with Crippen molar-refractivity contribution in [1.29, 1.82) is 0 Å². The molecule has 15 heavy (non-hydrogen) atoms. The zero-order valence-corrected chi connectivity index (χ0v) is 8.25. The first-order valence-corrected chi connectivity index (χ1v) is 4.39. The van der Waals surface area contributed by atoms with Crippen molar-refractivity contribution < 1.29 is 14.4 Å². The van der Waals surface area contributed by atoms with Crippen LogP contribution in [0.15, 0.2) is 35.0 Å². The summed E-state index contributed by atoms with van der Waals surface area (Å²) in [4.78, 5) is 9.57. The first-order valence-electron chi connectivity index (χ1n) is 4.39. The van der Waals surface area contributed by atoms with Crippen molar-refractivity contribution in [3.8, 4) is 0 Å². The normalized spacial score (nSPS) is 11.6. The SMILES string of the molecule is C[C@H](N)C(=O)O.c1ccc2oncc2c1. The minimum Gasteiger partial charge on any atom is -0.480 e. The van der Waals surface area contributed by atoms with Crippen LogP contribution in [0.3, 0.4) is 0 Å². The topological polar surface area (TPSA) is 89.4 Å². The third-order valence-electron chi connectivity index (χ3n) is 1.65. The number of benzene rings is 1. The Kier molecular flexibility index (Phi) is 3.82. The van der Waals surface area contributed by atoms with Crippen LogP contribution in [-0.2, 0) is 4.79 Å². The number of para-hydroxylation sites is 1. The standard InChI is InChI=1S/C7H5NO.C3H7NO2/c1-2-4-7-6(3-1)5-8-9-7;1-2(4)3(5)6/h1-5H;2H,4H2,1H3,(H,5,6)/t;2-/m.0/s1. The smallest absolute Gasteiger partial charge is 0.320 e. The number of aromatic nitrogens is 1. The molecule has 0 saturated heterocycles. The third-order valence-corrected chi connectivity index (χ3v) is 1.65. The second kappa shape index (κ2) is 5.11. The lowest BCUT2D eigenvalue weighted by atomic mass is 10.3. The van der Waals surface area contributed by atoms with Gasteiger partial charge in [-0.15, -0.1) is 0 Å². The van der Waals surface area contributed by atoms with E-state index in [4.69, 9.17) is 15.4 Å². The molecule has 0 aliphatic rings. The van der Waals surface area contributed by atoms with Gasteiger partial charge in [-0.25, -0.2) is 0 Å². The van der Waals surface area contributed by atoms with Gasteiger partial charge in [-0.05, 0) is 19.1 Å². The van der Waals surface area contributed by atoms with Crippen LogP contribution in [0.2, 0.25) is 0 Å². The Hall–Kier alpha value is -1.88. The molecule has 0 radical (unpaired) electrons. The lowest BCUT2D eigenvalue weighted by Crippen LogP contribution is -2.25. The van der Waals surface area contributed by atoms with Crippen LogP contribution in [0, 0.1) is 0 Å². The van der Waals surface area contributed by atoms with Crippen molar-refractivity contribution in [2.45, 2.75) is 13.0 Å². The Labute approximate surface area is 86.5 Å². The van der Waals surface area contributed by atoms with Crippen molar-refractivity contribution in [3.63, 3.8) is 0 Å². The summed E-state index contributed by atoms with van der Waals surface area (Å²) in [6.07, 6.45) is 1.70. The fourth-order valence-corrected chi connectivity index (χ4v) is 0.810. The lowest BCUT2D eigenvalue weighted by Gasteiger charge is -1.90. The molecule has 0 aliphatic heterocycles. The fourth-order valence-electron chi connectivity index (χ4n) is 0.810. The number of carbonyl (C=O) groups is 1. The van der Waals surface area contributed by atoms with Gasteiger partial charge in [-0.3, -0.25) is 4.79 Å². The summed E-state index contributed by atoms with van der Waals surface area (Å²) in [5.41, 5.74) is 5.68. The van der Waals surface area contributed by atoms with E-state index in [0.29, 0.717) is 0 Å². The number of nitrogens with two attached hydrogens (primary N) is 1. The number of carboxylic acids is 1. The first kappa shape index (κ1) is 11.2. The summed E-state index contributed by atoms with van der Waals surface area (Å²) >= 11 is 0. The third kappa shape index (κ3) is 3.40. The molecule has 0 fully saturated rings. The molecule has 3 N–H and O–H groups in total. The number of fused-ring (bicyclic) bond motifs is 1. The molecule has 0 spiro atoms. The highest BCUT2D eigenvalue weighted by Gasteiger charge is 1.99. The van der Waals surface area contributed by atoms with Gasteiger partial charge in [0.1, 0.15) is 6.04 Å². The van der Waals surface area contributed by atoms with Gasteiger partial charge < -0.3 is 15.4 Å². The number of nitrogens with zero attached hydrogens (tertiary/aromatic N) is 1. The largest absolute Gasteiger partial charge is 0.480 e. The molecule has 0 saturated carbocycles. The number of hydrogen-bond acceptors (Lipinski definition) is 4. The van der Waals surface area contributed by atoms with E-state index in [1.165, 1.54) is 6.92 Å². The highest BCUT2D eigenvalue weighted by molar-refractivity contribution is 5.75. The zero-order valence-electron chi connectivity index (χ0n) is 8.25. The maximum atomic E-state index is 9.57. The van der Waals surface area contributed by atoms with E-state index >= 15 is 0 Å². The van der Waals surface area contributed by atoms with E-state index in [-0.39, 0.29) is 0 Å². The molecule has 0 bridgehead atoms. The summed E-state index contributed by atoms with van der Waals surface area (Å²) in [5, 5.41) is 12.5. The van der Waals surface area contributed by atoms with Gasteiger partial charge in [0.2, 0.25) is 0 Å². The highest BCUT2D eigenvalue weighted by atomic mass is 16.5. The lowest BCUT2D eigenvalue weighted by molar-refractivity contribution is -0.138. The van der Waals surface area contributed by atoms with E-state index < -0.39 is 12.0 Å². The summed E-state index contributed by atoms with van der Waals surface area (Å²) in [6, 6.07) is 7.01. The minimum atomic E-state index is -0.963. The van der Waals surface area contributed by atoms with Gasteiger partial charge >= 0.3 is 5.97 Å². The Morgan fingerprint density at radius 3 is 2.67 bits per heavy atom. The molecule has 0 amide bonds. The van der Waals surface area contributed by atoms with Gasteiger partial charge in [0.05, 0.1) is 6.20 Å². The van der Waals surface area contributed by atoms with Crippen LogP contribution in [0.5, 0.6) is 0 Å². The molecule has 80 valence electrons. The molecule has 1 aromatic carbocycles. The van der Waals surface area contributed by atoms with Crippen LogP contribution >= 0.6 is 0 Å².